The molecule has 1 rings (SSSR count). The molecule has 0 amide bonds. The van der Waals surface area contributed by atoms with Crippen molar-refractivity contribution in [3.8, 4) is 5.75 Å². The van der Waals surface area contributed by atoms with Crippen LogP contribution in [0.1, 0.15) is 19.4 Å². The van der Waals surface area contributed by atoms with Crippen LogP contribution in [-0.4, -0.2) is 7.11 Å². The summed E-state index contributed by atoms with van der Waals surface area (Å²) in [6.45, 7) is 4.11. The van der Waals surface area contributed by atoms with Gasteiger partial charge in [0.05, 0.1) is 7.11 Å². The van der Waals surface area contributed by atoms with Crippen LogP contribution >= 0.6 is 0 Å². The number of methoxy groups -OCH3 is 1. The maximum atomic E-state index is 5.12. The van der Waals surface area contributed by atoms with Crippen LogP contribution in [0.15, 0.2) is 48.1 Å². The molecule has 0 aliphatic carbocycles. The third kappa shape index (κ3) is 3.62. The lowest BCUT2D eigenvalue weighted by Gasteiger charge is -2.04. The van der Waals surface area contributed by atoms with Crippen molar-refractivity contribution in [3.05, 3.63) is 53.6 Å². The lowest BCUT2D eigenvalue weighted by molar-refractivity contribution is 0.414. The van der Waals surface area contributed by atoms with Gasteiger partial charge in [-0.05, 0) is 43.5 Å². The van der Waals surface area contributed by atoms with E-state index in [1.807, 2.05) is 19.1 Å². The first-order chi connectivity index (χ1) is 7.30. The average molecular weight is 202 g/mol. The fourth-order valence-electron chi connectivity index (χ4n) is 1.45. The molecule has 15 heavy (non-hydrogen) atoms. The minimum atomic E-state index is 0.909. The maximum Gasteiger partial charge on any atom is 0.118 e. The molecule has 0 aromatic heterocycles. The molecule has 0 bridgehead atoms. The van der Waals surface area contributed by atoms with E-state index in [2.05, 4.69) is 37.3 Å². The van der Waals surface area contributed by atoms with Crippen molar-refractivity contribution >= 4 is 0 Å². The van der Waals surface area contributed by atoms with Crippen LogP contribution in [0.5, 0.6) is 5.75 Å². The van der Waals surface area contributed by atoms with Gasteiger partial charge in [0.15, 0.2) is 0 Å². The standard InChI is InChI=1S/C14H18O/c1-4-6-12(5-2)11-13-7-9-14(15-3)10-8-13/h4-10H,11H2,1-3H3. The predicted octanol–water partition coefficient (Wildman–Crippen LogP) is 3.76. The van der Waals surface area contributed by atoms with E-state index >= 15 is 0 Å². The Balaban J connectivity index is 2.72. The van der Waals surface area contributed by atoms with E-state index in [-0.39, 0.29) is 0 Å². The summed E-state index contributed by atoms with van der Waals surface area (Å²) in [4.78, 5) is 0. The molecule has 1 aromatic rings. The summed E-state index contributed by atoms with van der Waals surface area (Å²) < 4.78 is 5.12. The van der Waals surface area contributed by atoms with Gasteiger partial charge in [0.1, 0.15) is 5.75 Å². The lowest BCUT2D eigenvalue weighted by Crippen LogP contribution is -1.88. The summed E-state index contributed by atoms with van der Waals surface area (Å²) in [6, 6.07) is 8.20. The van der Waals surface area contributed by atoms with Gasteiger partial charge >= 0.3 is 0 Å². The third-order valence-corrected chi connectivity index (χ3v) is 2.32. The second-order valence-corrected chi connectivity index (χ2v) is 3.39. The van der Waals surface area contributed by atoms with Gasteiger partial charge < -0.3 is 4.74 Å². The molecule has 0 atom stereocenters. The second kappa shape index (κ2) is 6.07. The average Bonchev–Trinajstić information content (AvgIpc) is 2.29. The molecule has 1 nitrogen and oxygen atoms in total. The molecule has 0 saturated heterocycles. The molecule has 0 aliphatic rings. The number of allylic oxidation sites excluding steroid dienone is 4. The van der Waals surface area contributed by atoms with Crippen molar-refractivity contribution in [1.82, 2.24) is 0 Å². The van der Waals surface area contributed by atoms with E-state index in [1.165, 1.54) is 11.1 Å². The topological polar surface area (TPSA) is 9.23 Å². The van der Waals surface area contributed by atoms with Crippen molar-refractivity contribution in [2.45, 2.75) is 20.3 Å². The van der Waals surface area contributed by atoms with Crippen LogP contribution < -0.4 is 4.74 Å². The molecule has 0 heterocycles. The van der Waals surface area contributed by atoms with E-state index in [0.29, 0.717) is 0 Å². The van der Waals surface area contributed by atoms with Crippen molar-refractivity contribution in [1.29, 1.82) is 0 Å². The Morgan fingerprint density at radius 3 is 2.33 bits per heavy atom. The largest absolute Gasteiger partial charge is 0.497 e. The highest BCUT2D eigenvalue weighted by Crippen LogP contribution is 2.14. The molecular formula is C14H18O. The van der Waals surface area contributed by atoms with Crippen LogP contribution in [0.2, 0.25) is 0 Å². The summed E-state index contributed by atoms with van der Waals surface area (Å²) in [7, 11) is 1.69. The smallest absolute Gasteiger partial charge is 0.118 e. The van der Waals surface area contributed by atoms with Gasteiger partial charge in [-0.3, -0.25) is 0 Å². The van der Waals surface area contributed by atoms with E-state index in [4.69, 9.17) is 4.74 Å². The molecule has 0 radical (unpaired) electrons. The van der Waals surface area contributed by atoms with Crippen molar-refractivity contribution in [2.75, 3.05) is 7.11 Å². The van der Waals surface area contributed by atoms with E-state index in [0.717, 1.165) is 12.2 Å². The first-order valence-electron chi connectivity index (χ1n) is 5.21. The molecule has 1 heteroatoms. The van der Waals surface area contributed by atoms with Gasteiger partial charge in [-0.15, -0.1) is 0 Å². The van der Waals surface area contributed by atoms with E-state index in [1.54, 1.807) is 7.11 Å². The maximum absolute atomic E-state index is 5.12. The summed E-state index contributed by atoms with van der Waals surface area (Å²) in [6.07, 6.45) is 7.33. The minimum absolute atomic E-state index is 0.909. The number of benzene rings is 1. The molecule has 0 saturated carbocycles. The monoisotopic (exact) mass is 202 g/mol. The molecular weight excluding hydrogens is 184 g/mol. The van der Waals surface area contributed by atoms with Crippen LogP contribution in [0.3, 0.4) is 0 Å². The first-order valence-corrected chi connectivity index (χ1v) is 5.21. The quantitative estimate of drug-likeness (QED) is 0.675. The summed E-state index contributed by atoms with van der Waals surface area (Å²) >= 11 is 0. The highest BCUT2D eigenvalue weighted by Gasteiger charge is 1.96. The van der Waals surface area contributed by atoms with Crippen LogP contribution in [0.4, 0.5) is 0 Å². The van der Waals surface area contributed by atoms with Gasteiger partial charge in [0.25, 0.3) is 0 Å². The second-order valence-electron chi connectivity index (χ2n) is 3.39. The summed E-state index contributed by atoms with van der Waals surface area (Å²) in [5.41, 5.74) is 2.64. The van der Waals surface area contributed by atoms with Crippen molar-refractivity contribution < 1.29 is 4.74 Å². The third-order valence-electron chi connectivity index (χ3n) is 2.32. The van der Waals surface area contributed by atoms with Crippen molar-refractivity contribution in [3.63, 3.8) is 0 Å². The molecule has 80 valence electrons. The van der Waals surface area contributed by atoms with Gasteiger partial charge in [0, 0.05) is 0 Å². The lowest BCUT2D eigenvalue weighted by atomic mass is 10.0. The molecule has 0 N–H and O–H groups in total. The van der Waals surface area contributed by atoms with Gasteiger partial charge in [0.2, 0.25) is 0 Å². The van der Waals surface area contributed by atoms with Crippen LogP contribution in [0, 0.1) is 0 Å². The molecule has 1 aromatic carbocycles. The van der Waals surface area contributed by atoms with Gasteiger partial charge in [-0.25, -0.2) is 0 Å². The molecule has 0 aliphatic heterocycles. The van der Waals surface area contributed by atoms with E-state index < -0.39 is 0 Å². The summed E-state index contributed by atoms with van der Waals surface area (Å²) in [5, 5.41) is 0. The normalized spacial score (nSPS) is 12.1. The van der Waals surface area contributed by atoms with Crippen molar-refractivity contribution in [2.24, 2.45) is 0 Å². The van der Waals surface area contributed by atoms with Crippen LogP contribution in [-0.2, 0) is 6.42 Å². The Bertz CT molecular complexity index is 344. The fraction of sp³-hybridized carbons (Fsp3) is 0.286. The van der Waals surface area contributed by atoms with Crippen LogP contribution in [0.25, 0.3) is 0 Å². The zero-order valence-electron chi connectivity index (χ0n) is 9.66. The Morgan fingerprint density at radius 2 is 1.87 bits per heavy atom. The predicted molar refractivity (Wildman–Crippen MR) is 65.3 cm³/mol. The fourth-order valence-corrected chi connectivity index (χ4v) is 1.45. The number of rotatable bonds is 4. The Hall–Kier alpha value is -1.50. The first kappa shape index (κ1) is 11.6. The van der Waals surface area contributed by atoms with Gasteiger partial charge in [-0.2, -0.15) is 0 Å². The highest BCUT2D eigenvalue weighted by molar-refractivity contribution is 5.32. The molecule has 0 fully saturated rings. The van der Waals surface area contributed by atoms with E-state index in [9.17, 15) is 0 Å². The summed E-state index contributed by atoms with van der Waals surface area (Å²) in [5.74, 6) is 0.909. The molecule has 0 unspecified atom stereocenters. The number of ether oxygens (including phenoxy) is 1. The Kier molecular flexibility index (Phi) is 4.69. The van der Waals surface area contributed by atoms with Gasteiger partial charge in [-0.1, -0.05) is 30.4 Å². The SMILES string of the molecule is CC=CC(=CC)Cc1ccc(OC)cc1. The Labute approximate surface area is 92.1 Å². The highest BCUT2D eigenvalue weighted by atomic mass is 16.5. The minimum Gasteiger partial charge on any atom is -0.497 e. The molecule has 0 spiro atoms. The number of hydrogen-bond donors (Lipinski definition) is 0. The Morgan fingerprint density at radius 1 is 1.20 bits per heavy atom. The number of hydrogen-bond acceptors (Lipinski definition) is 1. The zero-order valence-corrected chi connectivity index (χ0v) is 9.66. The zero-order chi connectivity index (χ0) is 11.1.